The number of benzene rings is 1. The summed E-state index contributed by atoms with van der Waals surface area (Å²) in [5.41, 5.74) is 0.236. The van der Waals surface area contributed by atoms with Gasteiger partial charge in [-0.05, 0) is 6.07 Å². The van der Waals surface area contributed by atoms with Gasteiger partial charge in [0.15, 0.2) is 0 Å². The van der Waals surface area contributed by atoms with Crippen LogP contribution < -0.4 is 10.5 Å². The van der Waals surface area contributed by atoms with Gasteiger partial charge in [0.05, 0.1) is 23.7 Å². The number of aromatic nitrogens is 2. The lowest BCUT2D eigenvalue weighted by Gasteiger charge is -2.03. The molecule has 0 fully saturated rings. The highest BCUT2D eigenvalue weighted by Gasteiger charge is 2.16. The van der Waals surface area contributed by atoms with Crippen LogP contribution in [0.15, 0.2) is 27.4 Å². The lowest BCUT2D eigenvalue weighted by Crippen LogP contribution is -1.94. The molecule has 1 aromatic carbocycles. The summed E-state index contributed by atoms with van der Waals surface area (Å²) in [6, 6.07) is 3.90. The highest BCUT2D eigenvalue weighted by atomic mass is 16.6. The Morgan fingerprint density at radius 2 is 2.29 bits per heavy atom. The van der Waals surface area contributed by atoms with Crippen molar-refractivity contribution in [1.29, 1.82) is 0 Å². The maximum absolute atomic E-state index is 10.8. The van der Waals surface area contributed by atoms with Gasteiger partial charge in [-0.15, -0.1) is 5.10 Å². The molecule has 0 amide bonds. The van der Waals surface area contributed by atoms with E-state index in [0.717, 1.165) is 0 Å². The van der Waals surface area contributed by atoms with Gasteiger partial charge in [0.1, 0.15) is 5.75 Å². The number of non-ortho nitro benzene ring substituents is 1. The molecule has 0 radical (unpaired) electrons. The second kappa shape index (κ2) is 4.08. The molecule has 0 aliphatic heterocycles. The Kier molecular flexibility index (Phi) is 2.61. The van der Waals surface area contributed by atoms with Gasteiger partial charge in [-0.25, -0.2) is 9.89 Å². The van der Waals surface area contributed by atoms with E-state index in [1.54, 1.807) is 0 Å². The molecule has 0 unspecified atom stereocenters. The minimum atomic E-state index is -0.708. The van der Waals surface area contributed by atoms with Crippen molar-refractivity contribution in [2.45, 2.75) is 0 Å². The first kappa shape index (κ1) is 10.9. The zero-order valence-electron chi connectivity index (χ0n) is 8.67. The van der Waals surface area contributed by atoms with Gasteiger partial charge in [0, 0.05) is 6.07 Å². The fourth-order valence-electron chi connectivity index (χ4n) is 1.32. The van der Waals surface area contributed by atoms with Gasteiger partial charge in [-0.1, -0.05) is 0 Å². The van der Waals surface area contributed by atoms with Crippen LogP contribution in [0, 0.1) is 10.1 Å². The standard InChI is InChI=1S/C9H7N3O5/c1-16-7-4-5(12(14)15)2-3-6(7)8-10-11-9(13)17-8/h2-4H,1H3,(H,11,13). The molecule has 8 nitrogen and oxygen atoms in total. The monoisotopic (exact) mass is 237 g/mol. The largest absolute Gasteiger partial charge is 0.496 e. The van der Waals surface area contributed by atoms with E-state index in [0.29, 0.717) is 5.56 Å². The minimum Gasteiger partial charge on any atom is -0.496 e. The van der Waals surface area contributed by atoms with E-state index in [1.807, 2.05) is 0 Å². The van der Waals surface area contributed by atoms with Crippen LogP contribution in [0.3, 0.4) is 0 Å². The highest BCUT2D eigenvalue weighted by Crippen LogP contribution is 2.31. The summed E-state index contributed by atoms with van der Waals surface area (Å²) in [6.45, 7) is 0. The van der Waals surface area contributed by atoms with E-state index < -0.39 is 10.7 Å². The van der Waals surface area contributed by atoms with E-state index in [-0.39, 0.29) is 17.3 Å². The van der Waals surface area contributed by atoms with Crippen molar-refractivity contribution in [3.8, 4) is 17.2 Å². The smallest absolute Gasteiger partial charge is 0.434 e. The Hall–Kier alpha value is -2.64. The van der Waals surface area contributed by atoms with Gasteiger partial charge < -0.3 is 9.15 Å². The molecule has 17 heavy (non-hydrogen) atoms. The number of nitro benzene ring substituents is 1. The molecule has 0 spiro atoms. The van der Waals surface area contributed by atoms with Crippen molar-refractivity contribution < 1.29 is 14.1 Å². The minimum absolute atomic E-state index is 0.0155. The summed E-state index contributed by atoms with van der Waals surface area (Å²) in [5.74, 6) is -0.489. The highest BCUT2D eigenvalue weighted by molar-refractivity contribution is 5.65. The molecule has 88 valence electrons. The summed E-state index contributed by atoms with van der Waals surface area (Å²) >= 11 is 0. The number of rotatable bonds is 3. The molecule has 0 aliphatic carbocycles. The van der Waals surface area contributed by atoms with Gasteiger partial charge in [-0.3, -0.25) is 10.1 Å². The summed E-state index contributed by atoms with van der Waals surface area (Å²) in [5, 5.41) is 16.3. The molecular weight excluding hydrogens is 230 g/mol. The van der Waals surface area contributed by atoms with Crippen molar-refractivity contribution >= 4 is 5.69 Å². The van der Waals surface area contributed by atoms with Crippen LogP contribution in [-0.2, 0) is 0 Å². The summed E-state index contributed by atoms with van der Waals surface area (Å²) in [6.07, 6.45) is 0. The number of methoxy groups -OCH3 is 1. The van der Waals surface area contributed by atoms with Crippen molar-refractivity contribution in [3.63, 3.8) is 0 Å². The number of nitrogens with zero attached hydrogens (tertiary/aromatic N) is 2. The number of nitro groups is 1. The average molecular weight is 237 g/mol. The first-order chi connectivity index (χ1) is 8.11. The number of H-pyrrole nitrogens is 1. The number of nitrogens with one attached hydrogen (secondary N) is 1. The topological polar surface area (TPSA) is 111 Å². The van der Waals surface area contributed by atoms with Crippen LogP contribution in [0.4, 0.5) is 5.69 Å². The molecule has 8 heteroatoms. The Balaban J connectivity index is 2.55. The Labute approximate surface area is 94.0 Å². The summed E-state index contributed by atoms with van der Waals surface area (Å²) in [7, 11) is 1.35. The number of aromatic amines is 1. The zero-order valence-corrected chi connectivity index (χ0v) is 8.67. The first-order valence-electron chi connectivity index (χ1n) is 4.50. The van der Waals surface area contributed by atoms with Crippen LogP contribution in [0.2, 0.25) is 0 Å². The Morgan fingerprint density at radius 3 is 2.82 bits per heavy atom. The lowest BCUT2D eigenvalue weighted by molar-refractivity contribution is -0.384. The number of hydrogen-bond acceptors (Lipinski definition) is 6. The molecule has 2 rings (SSSR count). The third-order valence-corrected chi connectivity index (χ3v) is 2.06. The maximum Gasteiger partial charge on any atom is 0.434 e. The van der Waals surface area contributed by atoms with Gasteiger partial charge in [0.2, 0.25) is 0 Å². The Morgan fingerprint density at radius 1 is 1.53 bits per heavy atom. The molecule has 0 saturated heterocycles. The van der Waals surface area contributed by atoms with Crippen molar-refractivity contribution in [1.82, 2.24) is 10.2 Å². The average Bonchev–Trinajstić information content (AvgIpc) is 2.74. The third kappa shape index (κ3) is 2.00. The molecule has 1 heterocycles. The van der Waals surface area contributed by atoms with Crippen LogP contribution in [-0.4, -0.2) is 22.2 Å². The maximum atomic E-state index is 10.8. The zero-order chi connectivity index (χ0) is 12.4. The molecule has 1 N–H and O–H groups in total. The summed E-state index contributed by atoms with van der Waals surface area (Å²) in [4.78, 5) is 20.8. The predicted molar refractivity (Wildman–Crippen MR) is 55.8 cm³/mol. The van der Waals surface area contributed by atoms with Crippen molar-refractivity contribution in [3.05, 3.63) is 38.9 Å². The second-order valence-corrected chi connectivity index (χ2v) is 3.06. The summed E-state index contributed by atoms with van der Waals surface area (Å²) < 4.78 is 9.72. The fraction of sp³-hybridized carbons (Fsp3) is 0.111. The quantitative estimate of drug-likeness (QED) is 0.628. The molecule has 1 aromatic heterocycles. The predicted octanol–water partition coefficient (Wildman–Crippen LogP) is 0.947. The normalized spacial score (nSPS) is 10.2. The van der Waals surface area contributed by atoms with E-state index in [4.69, 9.17) is 9.15 Å². The van der Waals surface area contributed by atoms with Crippen LogP contribution in [0.5, 0.6) is 5.75 Å². The molecule has 0 atom stereocenters. The number of ether oxygens (including phenoxy) is 1. The SMILES string of the molecule is COc1cc([N+](=O)[O-])ccc1-c1n[nH]c(=O)o1. The van der Waals surface area contributed by atoms with Gasteiger partial charge in [0.25, 0.3) is 11.6 Å². The van der Waals surface area contributed by atoms with E-state index in [2.05, 4.69) is 10.2 Å². The van der Waals surface area contributed by atoms with Crippen molar-refractivity contribution in [2.24, 2.45) is 0 Å². The van der Waals surface area contributed by atoms with E-state index in [9.17, 15) is 14.9 Å². The lowest BCUT2D eigenvalue weighted by atomic mass is 10.2. The van der Waals surface area contributed by atoms with E-state index >= 15 is 0 Å². The van der Waals surface area contributed by atoms with Crippen LogP contribution in [0.1, 0.15) is 0 Å². The molecule has 0 aliphatic rings. The number of hydrogen-bond donors (Lipinski definition) is 1. The van der Waals surface area contributed by atoms with Crippen molar-refractivity contribution in [2.75, 3.05) is 7.11 Å². The van der Waals surface area contributed by atoms with E-state index in [1.165, 1.54) is 25.3 Å². The molecular formula is C9H7N3O5. The van der Waals surface area contributed by atoms with Gasteiger partial charge >= 0.3 is 5.76 Å². The Bertz CT molecular complexity index is 615. The molecule has 2 aromatic rings. The third-order valence-electron chi connectivity index (χ3n) is 2.06. The first-order valence-corrected chi connectivity index (χ1v) is 4.50. The van der Waals surface area contributed by atoms with Crippen LogP contribution >= 0.6 is 0 Å². The molecule has 0 saturated carbocycles. The van der Waals surface area contributed by atoms with Gasteiger partial charge in [-0.2, -0.15) is 0 Å². The van der Waals surface area contributed by atoms with Crippen LogP contribution in [0.25, 0.3) is 11.5 Å². The molecule has 0 bridgehead atoms. The second-order valence-electron chi connectivity index (χ2n) is 3.06. The fourth-order valence-corrected chi connectivity index (χ4v) is 1.32.